The second-order valence-electron chi connectivity index (χ2n) is 3.40. The van der Waals surface area contributed by atoms with Gasteiger partial charge in [-0.2, -0.15) is 0 Å². The molecule has 0 N–H and O–H groups in total. The van der Waals surface area contributed by atoms with Crippen LogP contribution in [0.15, 0.2) is 24.3 Å². The molecule has 0 fully saturated rings. The van der Waals surface area contributed by atoms with Crippen molar-refractivity contribution in [3.8, 4) is 0 Å². The molecule has 1 aromatic rings. The minimum atomic E-state index is -0.311. The SMILES string of the molecule is CCC(=O)OC1=CCc2ccc(F)cc21. The molecule has 1 aromatic carbocycles. The minimum Gasteiger partial charge on any atom is -0.426 e. The molecule has 78 valence electrons. The monoisotopic (exact) mass is 206 g/mol. The molecule has 0 saturated heterocycles. The van der Waals surface area contributed by atoms with Crippen LogP contribution in [-0.4, -0.2) is 5.97 Å². The van der Waals surface area contributed by atoms with E-state index in [1.165, 1.54) is 12.1 Å². The molecule has 1 aliphatic rings. The Hall–Kier alpha value is -1.64. The Bertz CT molecular complexity index is 435. The normalized spacial score (nSPS) is 13.3. The van der Waals surface area contributed by atoms with Gasteiger partial charge in [-0.25, -0.2) is 4.39 Å². The van der Waals surface area contributed by atoms with Crippen molar-refractivity contribution in [2.45, 2.75) is 19.8 Å². The number of fused-ring (bicyclic) bond motifs is 1. The lowest BCUT2D eigenvalue weighted by Gasteiger charge is -2.05. The van der Waals surface area contributed by atoms with Crippen LogP contribution in [0.5, 0.6) is 0 Å². The molecule has 3 heteroatoms. The number of esters is 1. The summed E-state index contributed by atoms with van der Waals surface area (Å²) >= 11 is 0. The van der Waals surface area contributed by atoms with Crippen molar-refractivity contribution in [3.63, 3.8) is 0 Å². The second-order valence-corrected chi connectivity index (χ2v) is 3.40. The van der Waals surface area contributed by atoms with Gasteiger partial charge in [0.1, 0.15) is 11.6 Å². The van der Waals surface area contributed by atoms with Gasteiger partial charge in [0.05, 0.1) is 0 Å². The van der Waals surface area contributed by atoms with Gasteiger partial charge < -0.3 is 4.74 Å². The van der Waals surface area contributed by atoms with Crippen LogP contribution in [0.25, 0.3) is 5.76 Å². The van der Waals surface area contributed by atoms with E-state index in [-0.39, 0.29) is 11.8 Å². The van der Waals surface area contributed by atoms with Crippen LogP contribution in [0.1, 0.15) is 24.5 Å². The molecule has 0 saturated carbocycles. The molecule has 2 rings (SSSR count). The van der Waals surface area contributed by atoms with Gasteiger partial charge in [0.25, 0.3) is 0 Å². The summed E-state index contributed by atoms with van der Waals surface area (Å²) in [5, 5.41) is 0. The number of carbonyl (C=O) groups excluding carboxylic acids is 1. The third-order valence-corrected chi connectivity index (χ3v) is 2.36. The lowest BCUT2D eigenvalue weighted by Crippen LogP contribution is -2.01. The Labute approximate surface area is 87.4 Å². The number of carbonyl (C=O) groups is 1. The van der Waals surface area contributed by atoms with Gasteiger partial charge in [-0.1, -0.05) is 13.0 Å². The van der Waals surface area contributed by atoms with Gasteiger partial charge in [-0.3, -0.25) is 4.79 Å². The summed E-state index contributed by atoms with van der Waals surface area (Å²) in [5.74, 6) is -0.121. The first-order valence-corrected chi connectivity index (χ1v) is 4.90. The number of ether oxygens (including phenoxy) is 1. The molecule has 1 aliphatic carbocycles. The van der Waals surface area contributed by atoms with E-state index < -0.39 is 0 Å². The molecule has 0 unspecified atom stereocenters. The molecule has 0 heterocycles. The lowest BCUT2D eigenvalue weighted by molar-refractivity contribution is -0.136. The Morgan fingerprint density at radius 1 is 1.53 bits per heavy atom. The fourth-order valence-electron chi connectivity index (χ4n) is 1.56. The molecule has 0 amide bonds. The van der Waals surface area contributed by atoms with E-state index >= 15 is 0 Å². The first kappa shape index (κ1) is 9.90. The van der Waals surface area contributed by atoms with E-state index in [9.17, 15) is 9.18 Å². The predicted molar refractivity (Wildman–Crippen MR) is 54.5 cm³/mol. The van der Waals surface area contributed by atoms with Crippen LogP contribution in [0.2, 0.25) is 0 Å². The Morgan fingerprint density at radius 2 is 2.33 bits per heavy atom. The smallest absolute Gasteiger partial charge is 0.310 e. The maximum atomic E-state index is 13.0. The van der Waals surface area contributed by atoms with Crippen molar-refractivity contribution in [2.24, 2.45) is 0 Å². The number of hydrogen-bond donors (Lipinski definition) is 0. The molecule has 0 aromatic heterocycles. The number of hydrogen-bond acceptors (Lipinski definition) is 2. The molecule has 0 aliphatic heterocycles. The third-order valence-electron chi connectivity index (χ3n) is 2.36. The first-order valence-electron chi connectivity index (χ1n) is 4.90. The highest BCUT2D eigenvalue weighted by Crippen LogP contribution is 2.29. The van der Waals surface area contributed by atoms with Gasteiger partial charge in [0, 0.05) is 12.0 Å². The van der Waals surface area contributed by atoms with E-state index in [0.29, 0.717) is 24.2 Å². The van der Waals surface area contributed by atoms with Gasteiger partial charge in [-0.05, 0) is 30.2 Å². The van der Waals surface area contributed by atoms with Crippen LogP contribution in [0.3, 0.4) is 0 Å². The van der Waals surface area contributed by atoms with Crippen LogP contribution < -0.4 is 0 Å². The van der Waals surface area contributed by atoms with E-state index in [2.05, 4.69) is 0 Å². The fourth-order valence-corrected chi connectivity index (χ4v) is 1.56. The molecule has 0 bridgehead atoms. The minimum absolute atomic E-state index is 0.293. The number of benzene rings is 1. The molecule has 0 radical (unpaired) electrons. The molecule has 0 atom stereocenters. The van der Waals surface area contributed by atoms with Crippen molar-refractivity contribution < 1.29 is 13.9 Å². The number of halogens is 1. The van der Waals surface area contributed by atoms with Crippen molar-refractivity contribution in [1.29, 1.82) is 0 Å². The van der Waals surface area contributed by atoms with E-state index in [1.54, 1.807) is 19.1 Å². The van der Waals surface area contributed by atoms with Crippen molar-refractivity contribution >= 4 is 11.7 Å². The molecule has 2 nitrogen and oxygen atoms in total. The van der Waals surface area contributed by atoms with Crippen molar-refractivity contribution in [2.75, 3.05) is 0 Å². The van der Waals surface area contributed by atoms with E-state index in [0.717, 1.165) is 5.56 Å². The average Bonchev–Trinajstić information content (AvgIpc) is 2.61. The van der Waals surface area contributed by atoms with Gasteiger partial charge >= 0.3 is 5.97 Å². The zero-order valence-electron chi connectivity index (χ0n) is 8.42. The summed E-state index contributed by atoms with van der Waals surface area (Å²) in [6.45, 7) is 1.73. The summed E-state index contributed by atoms with van der Waals surface area (Å²) in [7, 11) is 0. The van der Waals surface area contributed by atoms with Crippen molar-refractivity contribution in [1.82, 2.24) is 0 Å². The van der Waals surface area contributed by atoms with E-state index in [4.69, 9.17) is 4.74 Å². The summed E-state index contributed by atoms with van der Waals surface area (Å²) in [5.41, 5.74) is 1.69. The van der Waals surface area contributed by atoms with E-state index in [1.807, 2.05) is 0 Å². The Balaban J connectivity index is 2.26. The summed E-state index contributed by atoms with van der Waals surface area (Å²) in [4.78, 5) is 11.1. The van der Waals surface area contributed by atoms with Gasteiger partial charge in [0.15, 0.2) is 0 Å². The standard InChI is InChI=1S/C12H11FO2/c1-2-12(14)15-11-6-4-8-3-5-9(13)7-10(8)11/h3,5-7H,2,4H2,1H3. The van der Waals surface area contributed by atoms with Gasteiger partial charge in [0.2, 0.25) is 0 Å². The number of allylic oxidation sites excluding steroid dienone is 1. The highest BCUT2D eigenvalue weighted by atomic mass is 19.1. The predicted octanol–water partition coefficient (Wildman–Crippen LogP) is 2.68. The highest BCUT2D eigenvalue weighted by Gasteiger charge is 2.17. The summed E-state index contributed by atoms with van der Waals surface area (Å²) in [6, 6.07) is 4.53. The Kier molecular flexibility index (Phi) is 2.54. The first-order chi connectivity index (χ1) is 7.20. The zero-order valence-corrected chi connectivity index (χ0v) is 8.42. The zero-order chi connectivity index (χ0) is 10.8. The third kappa shape index (κ3) is 1.91. The summed E-state index contributed by atoms with van der Waals surface area (Å²) < 4.78 is 18.1. The number of rotatable bonds is 2. The quantitative estimate of drug-likeness (QED) is 0.695. The van der Waals surface area contributed by atoms with Crippen LogP contribution in [0.4, 0.5) is 4.39 Å². The Morgan fingerprint density at radius 3 is 3.07 bits per heavy atom. The van der Waals surface area contributed by atoms with Crippen LogP contribution in [-0.2, 0) is 16.0 Å². The lowest BCUT2D eigenvalue weighted by atomic mass is 10.1. The molecular weight excluding hydrogens is 195 g/mol. The molecule has 0 spiro atoms. The second kappa shape index (κ2) is 3.85. The maximum Gasteiger partial charge on any atom is 0.310 e. The average molecular weight is 206 g/mol. The summed E-state index contributed by atoms with van der Waals surface area (Å²) in [6.07, 6.45) is 2.82. The topological polar surface area (TPSA) is 26.3 Å². The van der Waals surface area contributed by atoms with Gasteiger partial charge in [-0.15, -0.1) is 0 Å². The molecular formula is C12H11FO2. The van der Waals surface area contributed by atoms with Crippen molar-refractivity contribution in [3.05, 3.63) is 41.2 Å². The molecule has 15 heavy (non-hydrogen) atoms. The fraction of sp³-hybridized carbons (Fsp3) is 0.250. The van der Waals surface area contributed by atoms with Crippen LogP contribution >= 0.6 is 0 Å². The largest absolute Gasteiger partial charge is 0.426 e. The van der Waals surface area contributed by atoms with Crippen LogP contribution in [0, 0.1) is 5.82 Å². The highest BCUT2D eigenvalue weighted by molar-refractivity contribution is 5.80. The maximum absolute atomic E-state index is 13.0.